The molecule has 1 rings (SSSR count). The second kappa shape index (κ2) is 7.66. The fraction of sp³-hybridized carbons (Fsp3) is 0.467. The average Bonchev–Trinajstić information content (AvgIpc) is 2.40. The maximum atomic E-state index is 11.7. The highest BCUT2D eigenvalue weighted by Crippen LogP contribution is 2.24. The number of esters is 1. The smallest absolute Gasteiger partial charge is 0.310 e. The summed E-state index contributed by atoms with van der Waals surface area (Å²) in [6.45, 7) is 5.45. The highest BCUT2D eigenvalue weighted by Gasteiger charge is 2.19. The number of hydrogen-bond acceptors (Lipinski definition) is 3. The van der Waals surface area contributed by atoms with Gasteiger partial charge in [0.05, 0.1) is 6.42 Å². The van der Waals surface area contributed by atoms with E-state index in [0.29, 0.717) is 15.6 Å². The van der Waals surface area contributed by atoms with Crippen molar-refractivity contribution in [2.45, 2.75) is 39.2 Å². The first-order chi connectivity index (χ1) is 9.75. The summed E-state index contributed by atoms with van der Waals surface area (Å²) in [5.74, 6) is -0.880. The summed E-state index contributed by atoms with van der Waals surface area (Å²) in [7, 11) is 0. The molecule has 1 amide bonds. The van der Waals surface area contributed by atoms with Crippen molar-refractivity contribution in [3.05, 3.63) is 33.8 Å². The van der Waals surface area contributed by atoms with Crippen LogP contribution in [0.4, 0.5) is 0 Å². The van der Waals surface area contributed by atoms with Gasteiger partial charge in [-0.05, 0) is 32.4 Å². The van der Waals surface area contributed by atoms with Crippen LogP contribution in [0.3, 0.4) is 0 Å². The Kier molecular flexibility index (Phi) is 6.49. The lowest BCUT2D eigenvalue weighted by Crippen LogP contribution is -2.44. The van der Waals surface area contributed by atoms with Crippen LogP contribution in [0.15, 0.2) is 18.2 Å². The third kappa shape index (κ3) is 5.94. The van der Waals surface area contributed by atoms with E-state index in [9.17, 15) is 9.59 Å². The van der Waals surface area contributed by atoms with Crippen LogP contribution in [-0.2, 0) is 20.7 Å². The molecule has 0 heterocycles. The number of rotatable bonds is 6. The molecule has 1 aromatic carbocycles. The minimum Gasteiger partial charge on any atom is -0.455 e. The van der Waals surface area contributed by atoms with E-state index >= 15 is 0 Å². The number of amides is 1. The summed E-state index contributed by atoms with van der Waals surface area (Å²) in [6, 6.07) is 4.98. The molecule has 116 valence electrons. The van der Waals surface area contributed by atoms with Crippen molar-refractivity contribution in [3.8, 4) is 0 Å². The molecule has 0 spiro atoms. The third-order valence-corrected chi connectivity index (χ3v) is 3.82. The maximum Gasteiger partial charge on any atom is 0.310 e. The zero-order valence-corrected chi connectivity index (χ0v) is 13.8. The molecule has 0 saturated carbocycles. The number of halogens is 2. The molecule has 0 aliphatic carbocycles. The quantitative estimate of drug-likeness (QED) is 0.813. The average molecular weight is 332 g/mol. The number of hydrogen-bond donors (Lipinski definition) is 1. The Hall–Kier alpha value is -1.26. The molecule has 21 heavy (non-hydrogen) atoms. The van der Waals surface area contributed by atoms with Crippen LogP contribution < -0.4 is 5.32 Å². The molecular formula is C15H19Cl2NO3. The molecule has 0 atom stereocenters. The Balaban J connectivity index is 2.50. The zero-order valence-electron chi connectivity index (χ0n) is 12.3. The van der Waals surface area contributed by atoms with E-state index in [4.69, 9.17) is 27.9 Å². The summed E-state index contributed by atoms with van der Waals surface area (Å²) >= 11 is 11.9. The van der Waals surface area contributed by atoms with Crippen LogP contribution in [0.1, 0.15) is 32.8 Å². The first-order valence-electron chi connectivity index (χ1n) is 6.64. The predicted molar refractivity (Wildman–Crippen MR) is 83.6 cm³/mol. The van der Waals surface area contributed by atoms with Gasteiger partial charge in [0, 0.05) is 21.1 Å². The predicted octanol–water partition coefficient (Wildman–Crippen LogP) is 3.38. The summed E-state index contributed by atoms with van der Waals surface area (Å²) in [5.41, 5.74) is 0.176. The summed E-state index contributed by atoms with van der Waals surface area (Å²) in [6.07, 6.45) is 0.713. The van der Waals surface area contributed by atoms with Crippen molar-refractivity contribution in [1.82, 2.24) is 5.32 Å². The standard InChI is InChI=1S/C15H19Cl2NO3/c1-4-15(2,3)18-13(19)9-21-14(20)8-10-11(16)6-5-7-12(10)17/h5-7H,4,8-9H2,1-3H3,(H,18,19). The normalized spacial score (nSPS) is 11.1. The second-order valence-corrected chi connectivity index (χ2v) is 6.14. The van der Waals surface area contributed by atoms with E-state index in [1.807, 2.05) is 20.8 Å². The zero-order chi connectivity index (χ0) is 16.0. The lowest BCUT2D eigenvalue weighted by Gasteiger charge is -2.24. The van der Waals surface area contributed by atoms with E-state index in [-0.39, 0.29) is 24.5 Å². The first-order valence-corrected chi connectivity index (χ1v) is 7.40. The van der Waals surface area contributed by atoms with Gasteiger partial charge in [0.1, 0.15) is 0 Å². The Bertz CT molecular complexity index is 509. The molecule has 1 aromatic rings. The summed E-state index contributed by atoms with van der Waals surface area (Å²) < 4.78 is 4.94. The Morgan fingerprint density at radius 1 is 1.24 bits per heavy atom. The van der Waals surface area contributed by atoms with E-state index in [0.717, 1.165) is 6.42 Å². The molecule has 0 aliphatic rings. The van der Waals surface area contributed by atoms with E-state index < -0.39 is 5.97 Å². The minimum atomic E-state index is -0.547. The van der Waals surface area contributed by atoms with Gasteiger partial charge in [0.25, 0.3) is 5.91 Å². The molecule has 0 fully saturated rings. The van der Waals surface area contributed by atoms with Gasteiger partial charge in [-0.3, -0.25) is 9.59 Å². The van der Waals surface area contributed by atoms with Gasteiger partial charge < -0.3 is 10.1 Å². The number of nitrogens with one attached hydrogen (secondary N) is 1. The molecular weight excluding hydrogens is 313 g/mol. The number of benzene rings is 1. The molecule has 6 heteroatoms. The van der Waals surface area contributed by atoms with Gasteiger partial charge in [0.2, 0.25) is 0 Å². The van der Waals surface area contributed by atoms with E-state index in [1.54, 1.807) is 18.2 Å². The van der Waals surface area contributed by atoms with E-state index in [1.165, 1.54) is 0 Å². The van der Waals surface area contributed by atoms with Gasteiger partial charge in [-0.15, -0.1) is 0 Å². The van der Waals surface area contributed by atoms with Crippen molar-refractivity contribution in [2.75, 3.05) is 6.61 Å². The van der Waals surface area contributed by atoms with Crippen LogP contribution in [0, 0.1) is 0 Å². The molecule has 0 radical (unpaired) electrons. The topological polar surface area (TPSA) is 55.4 Å². The van der Waals surface area contributed by atoms with Crippen LogP contribution >= 0.6 is 23.2 Å². The van der Waals surface area contributed by atoms with Crippen molar-refractivity contribution in [1.29, 1.82) is 0 Å². The van der Waals surface area contributed by atoms with Crippen LogP contribution in [-0.4, -0.2) is 24.0 Å². The molecule has 0 unspecified atom stereocenters. The van der Waals surface area contributed by atoms with Crippen LogP contribution in [0.5, 0.6) is 0 Å². The summed E-state index contributed by atoms with van der Waals surface area (Å²) in [4.78, 5) is 23.4. The fourth-order valence-electron chi connectivity index (χ4n) is 1.54. The van der Waals surface area contributed by atoms with Crippen LogP contribution in [0.25, 0.3) is 0 Å². The summed E-state index contributed by atoms with van der Waals surface area (Å²) in [5, 5.41) is 3.58. The third-order valence-electron chi connectivity index (χ3n) is 3.11. The molecule has 0 aliphatic heterocycles. The Morgan fingerprint density at radius 3 is 2.33 bits per heavy atom. The highest BCUT2D eigenvalue weighted by molar-refractivity contribution is 6.36. The SMILES string of the molecule is CCC(C)(C)NC(=O)COC(=O)Cc1c(Cl)cccc1Cl. The lowest BCUT2D eigenvalue weighted by atomic mass is 10.0. The number of carbonyl (C=O) groups is 2. The lowest BCUT2D eigenvalue weighted by molar-refractivity contribution is -0.148. The molecule has 0 saturated heterocycles. The van der Waals surface area contributed by atoms with Crippen molar-refractivity contribution >= 4 is 35.1 Å². The molecule has 0 bridgehead atoms. The van der Waals surface area contributed by atoms with Gasteiger partial charge in [-0.25, -0.2) is 0 Å². The van der Waals surface area contributed by atoms with Gasteiger partial charge in [0.15, 0.2) is 6.61 Å². The highest BCUT2D eigenvalue weighted by atomic mass is 35.5. The molecule has 4 nitrogen and oxygen atoms in total. The van der Waals surface area contributed by atoms with Gasteiger partial charge in [-0.2, -0.15) is 0 Å². The van der Waals surface area contributed by atoms with Gasteiger partial charge in [-0.1, -0.05) is 36.2 Å². The van der Waals surface area contributed by atoms with Crippen molar-refractivity contribution in [3.63, 3.8) is 0 Å². The Labute approximate surface area is 134 Å². The Morgan fingerprint density at radius 2 is 1.81 bits per heavy atom. The first kappa shape index (κ1) is 17.8. The molecule has 1 N–H and O–H groups in total. The number of carbonyl (C=O) groups excluding carboxylic acids is 2. The van der Waals surface area contributed by atoms with Gasteiger partial charge >= 0.3 is 5.97 Å². The monoisotopic (exact) mass is 331 g/mol. The van der Waals surface area contributed by atoms with Crippen LogP contribution in [0.2, 0.25) is 10.0 Å². The maximum absolute atomic E-state index is 11.7. The van der Waals surface area contributed by atoms with Crippen molar-refractivity contribution in [2.24, 2.45) is 0 Å². The number of ether oxygens (including phenoxy) is 1. The largest absolute Gasteiger partial charge is 0.455 e. The second-order valence-electron chi connectivity index (χ2n) is 5.32. The molecule has 0 aromatic heterocycles. The van der Waals surface area contributed by atoms with Crippen molar-refractivity contribution < 1.29 is 14.3 Å². The van der Waals surface area contributed by atoms with E-state index in [2.05, 4.69) is 5.32 Å². The fourth-order valence-corrected chi connectivity index (χ4v) is 2.08. The minimum absolute atomic E-state index is 0.0665.